The van der Waals surface area contributed by atoms with E-state index in [-0.39, 0.29) is 17.5 Å². The lowest BCUT2D eigenvalue weighted by molar-refractivity contribution is 0.413. The Morgan fingerprint density at radius 3 is 2.62 bits per heavy atom. The van der Waals surface area contributed by atoms with Gasteiger partial charge in [-0.25, -0.2) is 8.42 Å². The monoisotopic (exact) mass is 313 g/mol. The number of ether oxygens (including phenoxy) is 1. The van der Waals surface area contributed by atoms with Gasteiger partial charge in [-0.15, -0.1) is 0 Å². The summed E-state index contributed by atoms with van der Waals surface area (Å²) in [4.78, 5) is 0. The first-order valence-corrected chi connectivity index (χ1v) is 9.42. The van der Waals surface area contributed by atoms with Gasteiger partial charge in [0.25, 0.3) is 0 Å². The van der Waals surface area contributed by atoms with Crippen molar-refractivity contribution in [2.45, 2.75) is 39.2 Å². The van der Waals surface area contributed by atoms with Crippen LogP contribution in [0.4, 0.5) is 0 Å². The molecule has 1 aromatic carbocycles. The molecule has 5 heteroatoms. The SMILES string of the molecule is CCCCCS(=O)(=O)CC(NCC)c1cccc(OC)c1. The van der Waals surface area contributed by atoms with Gasteiger partial charge in [-0.3, -0.25) is 0 Å². The number of unbranched alkanes of at least 4 members (excludes halogenated alkanes) is 2. The Hall–Kier alpha value is -1.07. The molecule has 120 valence electrons. The third kappa shape index (κ3) is 6.48. The molecule has 0 amide bonds. The van der Waals surface area contributed by atoms with E-state index in [1.54, 1.807) is 7.11 Å². The molecule has 0 fully saturated rings. The van der Waals surface area contributed by atoms with E-state index in [4.69, 9.17) is 4.74 Å². The third-order valence-corrected chi connectivity index (χ3v) is 5.18. The van der Waals surface area contributed by atoms with Gasteiger partial charge < -0.3 is 10.1 Å². The highest BCUT2D eigenvalue weighted by atomic mass is 32.2. The van der Waals surface area contributed by atoms with Crippen LogP contribution in [-0.2, 0) is 9.84 Å². The third-order valence-electron chi connectivity index (χ3n) is 3.43. The fourth-order valence-electron chi connectivity index (χ4n) is 2.29. The smallest absolute Gasteiger partial charge is 0.152 e. The summed E-state index contributed by atoms with van der Waals surface area (Å²) in [6.45, 7) is 4.79. The normalized spacial score (nSPS) is 13.1. The van der Waals surface area contributed by atoms with Crippen LogP contribution in [0.15, 0.2) is 24.3 Å². The zero-order valence-corrected chi connectivity index (χ0v) is 14.1. The van der Waals surface area contributed by atoms with Gasteiger partial charge in [0, 0.05) is 6.04 Å². The molecule has 1 rings (SSSR count). The first-order valence-electron chi connectivity index (χ1n) is 7.60. The number of nitrogens with one attached hydrogen (secondary N) is 1. The number of sulfone groups is 1. The minimum absolute atomic E-state index is 0.137. The van der Waals surface area contributed by atoms with Crippen LogP contribution in [0.5, 0.6) is 5.75 Å². The fourth-order valence-corrected chi connectivity index (χ4v) is 3.92. The van der Waals surface area contributed by atoms with E-state index in [1.807, 2.05) is 31.2 Å². The van der Waals surface area contributed by atoms with Crippen LogP contribution in [-0.4, -0.2) is 33.6 Å². The van der Waals surface area contributed by atoms with Crippen LogP contribution in [0.1, 0.15) is 44.7 Å². The van der Waals surface area contributed by atoms with Gasteiger partial charge in [0.1, 0.15) is 5.75 Å². The summed E-state index contributed by atoms with van der Waals surface area (Å²) in [7, 11) is -1.43. The molecule has 0 saturated carbocycles. The minimum Gasteiger partial charge on any atom is -0.497 e. The summed E-state index contributed by atoms with van der Waals surface area (Å²) in [5.41, 5.74) is 0.954. The number of rotatable bonds is 10. The molecule has 0 aromatic heterocycles. The first kappa shape index (κ1) is 18.0. The summed E-state index contributed by atoms with van der Waals surface area (Å²) in [6, 6.07) is 7.41. The number of hydrogen-bond donors (Lipinski definition) is 1. The molecule has 0 heterocycles. The zero-order chi connectivity index (χ0) is 15.7. The molecule has 1 aromatic rings. The van der Waals surface area contributed by atoms with Crippen LogP contribution in [0.2, 0.25) is 0 Å². The molecule has 0 saturated heterocycles. The highest BCUT2D eigenvalue weighted by molar-refractivity contribution is 7.91. The molecule has 0 bridgehead atoms. The molecule has 0 aliphatic heterocycles. The lowest BCUT2D eigenvalue weighted by atomic mass is 10.1. The van der Waals surface area contributed by atoms with E-state index < -0.39 is 9.84 Å². The Morgan fingerprint density at radius 2 is 2.00 bits per heavy atom. The maximum atomic E-state index is 12.2. The lowest BCUT2D eigenvalue weighted by Crippen LogP contribution is -2.29. The summed E-state index contributed by atoms with van der Waals surface area (Å²) >= 11 is 0. The highest BCUT2D eigenvalue weighted by Gasteiger charge is 2.20. The van der Waals surface area contributed by atoms with Gasteiger partial charge in [-0.2, -0.15) is 0 Å². The molecule has 0 spiro atoms. The summed E-state index contributed by atoms with van der Waals surface area (Å²) < 4.78 is 29.7. The van der Waals surface area contributed by atoms with Crippen molar-refractivity contribution in [2.24, 2.45) is 0 Å². The van der Waals surface area contributed by atoms with E-state index in [2.05, 4.69) is 12.2 Å². The van der Waals surface area contributed by atoms with E-state index in [0.29, 0.717) is 0 Å². The standard InChI is InChI=1S/C16H27NO3S/c1-4-6-7-11-21(18,19)13-16(17-5-2)14-9-8-10-15(12-14)20-3/h8-10,12,16-17H,4-7,11,13H2,1-3H3. The van der Waals surface area contributed by atoms with Crippen molar-refractivity contribution in [2.75, 3.05) is 25.2 Å². The van der Waals surface area contributed by atoms with Crippen molar-refractivity contribution in [3.63, 3.8) is 0 Å². The Labute approximate surface area is 128 Å². The maximum Gasteiger partial charge on any atom is 0.152 e. The van der Waals surface area contributed by atoms with Crippen LogP contribution in [0, 0.1) is 0 Å². The molecule has 1 N–H and O–H groups in total. The Kier molecular flexibility index (Phi) is 7.75. The number of hydrogen-bond acceptors (Lipinski definition) is 4. The summed E-state index contributed by atoms with van der Waals surface area (Å²) in [5.74, 6) is 1.16. The number of benzene rings is 1. The average Bonchev–Trinajstić information content (AvgIpc) is 2.47. The van der Waals surface area contributed by atoms with Crippen LogP contribution in [0.25, 0.3) is 0 Å². The van der Waals surface area contributed by atoms with Crippen LogP contribution >= 0.6 is 0 Å². The van der Waals surface area contributed by atoms with Gasteiger partial charge in [0.2, 0.25) is 0 Å². The van der Waals surface area contributed by atoms with E-state index in [0.717, 1.165) is 37.1 Å². The Balaban J connectivity index is 2.81. The molecule has 4 nitrogen and oxygen atoms in total. The minimum atomic E-state index is -3.05. The molecular formula is C16H27NO3S. The lowest BCUT2D eigenvalue weighted by Gasteiger charge is -2.19. The molecule has 1 unspecified atom stereocenters. The van der Waals surface area contributed by atoms with E-state index in [1.165, 1.54) is 0 Å². The predicted octanol–water partition coefficient (Wildman–Crippen LogP) is 2.95. The Bertz CT molecular complexity index is 514. The van der Waals surface area contributed by atoms with E-state index >= 15 is 0 Å². The van der Waals surface area contributed by atoms with Crippen molar-refractivity contribution in [1.82, 2.24) is 5.32 Å². The number of methoxy groups -OCH3 is 1. The van der Waals surface area contributed by atoms with Gasteiger partial charge in [0.05, 0.1) is 18.6 Å². The molecule has 0 radical (unpaired) electrons. The topological polar surface area (TPSA) is 55.4 Å². The highest BCUT2D eigenvalue weighted by Crippen LogP contribution is 2.21. The Morgan fingerprint density at radius 1 is 1.24 bits per heavy atom. The van der Waals surface area contributed by atoms with Gasteiger partial charge in [-0.1, -0.05) is 38.8 Å². The summed E-state index contributed by atoms with van der Waals surface area (Å²) in [6.07, 6.45) is 2.74. The average molecular weight is 313 g/mol. The van der Waals surface area contributed by atoms with Gasteiger partial charge >= 0.3 is 0 Å². The largest absolute Gasteiger partial charge is 0.497 e. The van der Waals surface area contributed by atoms with Crippen molar-refractivity contribution in [1.29, 1.82) is 0 Å². The molecule has 21 heavy (non-hydrogen) atoms. The maximum absolute atomic E-state index is 12.2. The van der Waals surface area contributed by atoms with E-state index in [9.17, 15) is 8.42 Å². The second-order valence-corrected chi connectivity index (χ2v) is 7.44. The second kappa shape index (κ2) is 9.05. The molecule has 0 aliphatic carbocycles. The second-order valence-electron chi connectivity index (χ2n) is 5.21. The summed E-state index contributed by atoms with van der Waals surface area (Å²) in [5, 5.41) is 3.26. The predicted molar refractivity (Wildman–Crippen MR) is 87.6 cm³/mol. The zero-order valence-electron chi connectivity index (χ0n) is 13.3. The molecular weight excluding hydrogens is 286 g/mol. The van der Waals surface area contributed by atoms with Gasteiger partial charge in [-0.05, 0) is 30.7 Å². The van der Waals surface area contributed by atoms with Gasteiger partial charge in [0.15, 0.2) is 9.84 Å². The van der Waals surface area contributed by atoms with Crippen molar-refractivity contribution < 1.29 is 13.2 Å². The first-order chi connectivity index (χ1) is 10.0. The van der Waals surface area contributed by atoms with Crippen LogP contribution < -0.4 is 10.1 Å². The van der Waals surface area contributed by atoms with Crippen molar-refractivity contribution in [3.8, 4) is 5.75 Å². The van der Waals surface area contributed by atoms with Crippen molar-refractivity contribution >= 4 is 9.84 Å². The molecule has 1 atom stereocenters. The quantitative estimate of drug-likeness (QED) is 0.675. The van der Waals surface area contributed by atoms with Crippen LogP contribution in [0.3, 0.4) is 0 Å². The molecule has 0 aliphatic rings. The fraction of sp³-hybridized carbons (Fsp3) is 0.625. The van der Waals surface area contributed by atoms with Crippen molar-refractivity contribution in [3.05, 3.63) is 29.8 Å².